The van der Waals surface area contributed by atoms with Crippen LogP contribution in [0.5, 0.6) is 0 Å². The van der Waals surface area contributed by atoms with Gasteiger partial charge in [0.05, 0.1) is 18.1 Å². The number of fused-ring (bicyclic) bond motifs is 4. The molecule has 2 saturated carbocycles. The van der Waals surface area contributed by atoms with E-state index < -0.39 is 94.4 Å². The molecule has 0 amide bonds. The van der Waals surface area contributed by atoms with E-state index in [0.717, 1.165) is 6.92 Å². The third kappa shape index (κ3) is 5.12. The van der Waals surface area contributed by atoms with Crippen molar-refractivity contribution in [1.82, 2.24) is 0 Å². The third-order valence-corrected chi connectivity index (χ3v) is 9.97. The Morgan fingerprint density at radius 3 is 1.70 bits per heavy atom. The molecule has 2 N–H and O–H groups in total. The van der Waals surface area contributed by atoms with Gasteiger partial charge < -0.3 is 38.6 Å². The smallest absolute Gasteiger partial charge is 0.303 e. The van der Waals surface area contributed by atoms with E-state index in [0.29, 0.717) is 5.57 Å². The molecule has 1 aliphatic heterocycles. The van der Waals surface area contributed by atoms with Crippen LogP contribution in [0.3, 0.4) is 0 Å². The van der Waals surface area contributed by atoms with E-state index in [1.165, 1.54) is 27.7 Å². The number of rotatable bonds is 5. The largest absolute Gasteiger partial charge is 0.462 e. The Morgan fingerprint density at radius 1 is 0.767 bits per heavy atom. The Hall–Kier alpha value is -3.03. The van der Waals surface area contributed by atoms with E-state index in [1.54, 1.807) is 27.7 Å². The lowest BCUT2D eigenvalue weighted by molar-refractivity contribution is -0.284. The fourth-order valence-electron chi connectivity index (χ4n) is 8.11. The van der Waals surface area contributed by atoms with Crippen molar-refractivity contribution in [3.8, 4) is 0 Å². The number of hydrogen-bond acceptors (Lipinski definition) is 13. The van der Waals surface area contributed by atoms with Crippen LogP contribution in [0.15, 0.2) is 11.1 Å². The molecule has 1 heterocycles. The van der Waals surface area contributed by atoms with Gasteiger partial charge in [-0.2, -0.15) is 0 Å². The molecule has 1 saturated heterocycles. The lowest BCUT2D eigenvalue weighted by Crippen LogP contribution is -2.76. The normalized spacial score (nSPS) is 41.1. The number of aliphatic hydroxyl groups excluding tert-OH is 1. The van der Waals surface area contributed by atoms with Crippen molar-refractivity contribution in [3.05, 3.63) is 11.1 Å². The number of carbonyl (C=O) groups is 5. The van der Waals surface area contributed by atoms with Crippen LogP contribution in [0.2, 0.25) is 0 Å². The number of hydrogen-bond donors (Lipinski definition) is 2. The van der Waals surface area contributed by atoms with Gasteiger partial charge in [-0.15, -0.1) is 0 Å². The van der Waals surface area contributed by atoms with Crippen LogP contribution < -0.4 is 0 Å². The van der Waals surface area contributed by atoms with Crippen LogP contribution in [0.4, 0.5) is 0 Å². The van der Waals surface area contributed by atoms with E-state index in [2.05, 4.69) is 0 Å². The fourth-order valence-corrected chi connectivity index (χ4v) is 8.11. The summed E-state index contributed by atoms with van der Waals surface area (Å²) in [4.78, 5) is 63.1. The molecule has 4 aliphatic rings. The maximum absolute atomic E-state index is 12.8. The van der Waals surface area contributed by atoms with Crippen LogP contribution in [0.1, 0.15) is 75.2 Å². The first-order valence-electron chi connectivity index (χ1n) is 14.4. The summed E-state index contributed by atoms with van der Waals surface area (Å²) in [6.07, 6.45) is -8.19. The summed E-state index contributed by atoms with van der Waals surface area (Å²) in [5, 5.41) is 24.2. The van der Waals surface area contributed by atoms with Crippen molar-refractivity contribution in [3.63, 3.8) is 0 Å². The molecule has 3 fully saturated rings. The van der Waals surface area contributed by atoms with Crippen molar-refractivity contribution in [2.75, 3.05) is 6.61 Å². The van der Waals surface area contributed by atoms with Gasteiger partial charge in [0.1, 0.15) is 29.5 Å². The molecule has 2 bridgehead atoms. The first-order chi connectivity index (χ1) is 19.7. The summed E-state index contributed by atoms with van der Waals surface area (Å²) in [7, 11) is 0. The average Bonchev–Trinajstić information content (AvgIpc) is 3.63. The number of ether oxygens (including phenoxy) is 6. The second-order valence-corrected chi connectivity index (χ2v) is 13.0. The molecule has 13 heteroatoms. The highest BCUT2D eigenvalue weighted by atomic mass is 16.6. The highest BCUT2D eigenvalue weighted by Gasteiger charge is 2.80. The molecule has 0 aromatic rings. The highest BCUT2D eigenvalue weighted by molar-refractivity contribution is 5.70. The zero-order chi connectivity index (χ0) is 32.4. The lowest BCUT2D eigenvalue weighted by Gasteiger charge is -2.64. The molecular formula is C30H42O13. The summed E-state index contributed by atoms with van der Waals surface area (Å²) in [6, 6.07) is 0. The molecule has 240 valence electrons. The van der Waals surface area contributed by atoms with Crippen molar-refractivity contribution in [2.45, 2.75) is 123 Å². The number of epoxide rings is 1. The fraction of sp³-hybridized carbons (Fsp3) is 0.767. The standard InChI is InChI=1S/C30H42O13/c1-13-19(36)11-30(37)26(43-18(6)35)24-28(9,20(39-14(2)31)10-21(40-15(3)32)29(24)12-38-29)25(42-17(5)34)23(41-16(4)33)22(13)27(30,7)8/h19-21,23-26,36-37H,10-12H2,1-9H3/t19?,20?,21?,23?,24-,25?,26?,28+,29-,30+/m0/s1. The predicted octanol–water partition coefficient (Wildman–Crippen LogP) is 1.29. The third-order valence-electron chi connectivity index (χ3n) is 9.97. The van der Waals surface area contributed by atoms with Crippen molar-refractivity contribution < 1.29 is 62.6 Å². The van der Waals surface area contributed by atoms with Gasteiger partial charge in [-0.3, -0.25) is 24.0 Å². The van der Waals surface area contributed by atoms with E-state index >= 15 is 0 Å². The van der Waals surface area contributed by atoms with Gasteiger partial charge in [0.2, 0.25) is 0 Å². The van der Waals surface area contributed by atoms with Gasteiger partial charge in [-0.05, 0) is 18.1 Å². The molecule has 10 atom stereocenters. The number of aliphatic hydroxyl groups is 2. The highest BCUT2D eigenvalue weighted by Crippen LogP contribution is 2.66. The molecule has 0 radical (unpaired) electrons. The predicted molar refractivity (Wildman–Crippen MR) is 145 cm³/mol. The molecule has 43 heavy (non-hydrogen) atoms. The first kappa shape index (κ1) is 32.9. The van der Waals surface area contributed by atoms with Gasteiger partial charge >= 0.3 is 29.8 Å². The second-order valence-electron chi connectivity index (χ2n) is 13.0. The topological polar surface area (TPSA) is 184 Å². The van der Waals surface area contributed by atoms with Crippen molar-refractivity contribution in [2.24, 2.45) is 16.7 Å². The summed E-state index contributed by atoms with van der Waals surface area (Å²) in [5.41, 5.74) is -5.78. The Morgan fingerprint density at radius 2 is 1.23 bits per heavy atom. The first-order valence-corrected chi connectivity index (χ1v) is 14.4. The van der Waals surface area contributed by atoms with Gasteiger partial charge in [-0.25, -0.2) is 0 Å². The lowest BCUT2D eigenvalue weighted by atomic mass is 9.45. The molecule has 3 aliphatic carbocycles. The Labute approximate surface area is 250 Å². The molecule has 4 rings (SSSR count). The minimum absolute atomic E-state index is 0.0123. The van der Waals surface area contributed by atoms with Gasteiger partial charge in [0.25, 0.3) is 0 Å². The van der Waals surface area contributed by atoms with Crippen molar-refractivity contribution >= 4 is 29.8 Å². The van der Waals surface area contributed by atoms with Crippen LogP contribution in [0, 0.1) is 16.7 Å². The Kier molecular flexibility index (Phi) is 8.29. The SMILES string of the molecule is CC(=O)OC1C2=C(C)C(O)C[C@@](O)(C(OC(C)=O)[C@H]3[C@@](C)(C(OC(C)=O)CC(OC(C)=O)[C@@]34CO4)C1OC(C)=O)C2(C)C. The van der Waals surface area contributed by atoms with E-state index in [4.69, 9.17) is 28.4 Å². The Bertz CT molecular complexity index is 1250. The zero-order valence-electron chi connectivity index (χ0n) is 26.0. The van der Waals surface area contributed by atoms with Crippen LogP contribution in [-0.2, 0) is 52.4 Å². The molecule has 1 spiro atoms. The Balaban J connectivity index is 2.18. The van der Waals surface area contributed by atoms with Crippen LogP contribution >= 0.6 is 0 Å². The molecule has 0 aromatic carbocycles. The van der Waals surface area contributed by atoms with E-state index in [-0.39, 0.29) is 25.0 Å². The number of esters is 5. The zero-order valence-corrected chi connectivity index (χ0v) is 26.0. The summed E-state index contributed by atoms with van der Waals surface area (Å²) in [6.45, 7) is 12.5. The molecular weight excluding hydrogens is 568 g/mol. The van der Waals surface area contributed by atoms with Gasteiger partial charge in [0, 0.05) is 58.8 Å². The molecule has 0 aromatic heterocycles. The minimum Gasteiger partial charge on any atom is -0.462 e. The molecule has 6 unspecified atom stereocenters. The summed E-state index contributed by atoms with van der Waals surface area (Å²) < 4.78 is 35.6. The van der Waals surface area contributed by atoms with Gasteiger partial charge in [0.15, 0.2) is 12.2 Å². The van der Waals surface area contributed by atoms with Gasteiger partial charge in [-0.1, -0.05) is 20.8 Å². The van der Waals surface area contributed by atoms with Crippen molar-refractivity contribution in [1.29, 1.82) is 0 Å². The summed E-state index contributed by atoms with van der Waals surface area (Å²) >= 11 is 0. The second kappa shape index (κ2) is 10.8. The van der Waals surface area contributed by atoms with E-state index in [9.17, 15) is 34.2 Å². The van der Waals surface area contributed by atoms with E-state index in [1.807, 2.05) is 0 Å². The quantitative estimate of drug-likeness (QED) is 0.197. The average molecular weight is 611 g/mol. The van der Waals surface area contributed by atoms with Crippen LogP contribution in [-0.4, -0.2) is 94.5 Å². The maximum atomic E-state index is 12.8. The monoisotopic (exact) mass is 610 g/mol. The minimum atomic E-state index is -2.05. The summed E-state index contributed by atoms with van der Waals surface area (Å²) in [5.74, 6) is -4.82. The molecule has 13 nitrogen and oxygen atoms in total. The number of carbonyl (C=O) groups excluding carboxylic acids is 5. The maximum Gasteiger partial charge on any atom is 0.303 e. The van der Waals surface area contributed by atoms with Crippen LogP contribution in [0.25, 0.3) is 0 Å².